The third-order valence-electron chi connectivity index (χ3n) is 3.01. The molecule has 0 radical (unpaired) electrons. The molecule has 17 heavy (non-hydrogen) atoms. The molecule has 3 nitrogen and oxygen atoms in total. The molecule has 1 aliphatic heterocycles. The number of nitrogens with two attached hydrogens (primary N) is 1. The lowest BCUT2D eigenvalue weighted by Crippen LogP contribution is -2.39. The second-order valence-electron chi connectivity index (χ2n) is 4.27. The smallest absolute Gasteiger partial charge is 0.234 e. The van der Waals surface area contributed by atoms with Crippen LogP contribution in [0.4, 0.5) is 8.78 Å². The summed E-state index contributed by atoms with van der Waals surface area (Å²) in [5.41, 5.74) is 5.65. The molecule has 0 aliphatic carbocycles. The molecule has 2 N–H and O–H groups in total. The van der Waals surface area contributed by atoms with Crippen LogP contribution in [0.15, 0.2) is 24.3 Å². The minimum atomic E-state index is -1.07. The molecule has 2 rings (SSSR count). The normalized spacial score (nSPS) is 25.1. The number of hydrogen-bond donors (Lipinski definition) is 1. The number of alkyl halides is 1. The lowest BCUT2D eigenvalue weighted by molar-refractivity contribution is -0.122. The summed E-state index contributed by atoms with van der Waals surface area (Å²) in [6, 6.07) is 5.63. The van der Waals surface area contributed by atoms with E-state index in [1.165, 1.54) is 6.07 Å². The van der Waals surface area contributed by atoms with Crippen LogP contribution in [0.5, 0.6) is 0 Å². The number of rotatable bonds is 3. The van der Waals surface area contributed by atoms with Crippen LogP contribution in [0.3, 0.4) is 0 Å². The Balaban J connectivity index is 2.13. The maximum Gasteiger partial charge on any atom is 0.234 e. The van der Waals surface area contributed by atoms with E-state index in [0.717, 1.165) is 0 Å². The monoisotopic (exact) mass is 240 g/mol. The van der Waals surface area contributed by atoms with Gasteiger partial charge in [0.2, 0.25) is 5.91 Å². The number of carbonyl (C=O) groups is 1. The molecule has 2 atom stereocenters. The summed E-state index contributed by atoms with van der Waals surface area (Å²) in [4.78, 5) is 12.7. The maximum atomic E-state index is 13.4. The fourth-order valence-corrected chi connectivity index (χ4v) is 2.16. The highest BCUT2D eigenvalue weighted by molar-refractivity contribution is 5.80. The van der Waals surface area contributed by atoms with Crippen LogP contribution >= 0.6 is 0 Å². The van der Waals surface area contributed by atoms with E-state index < -0.39 is 18.1 Å². The maximum absolute atomic E-state index is 13.4. The van der Waals surface area contributed by atoms with Gasteiger partial charge in [-0.05, 0) is 6.07 Å². The van der Waals surface area contributed by atoms with Gasteiger partial charge in [0.15, 0.2) is 0 Å². The van der Waals surface area contributed by atoms with Crippen molar-refractivity contribution in [1.82, 2.24) is 4.90 Å². The Labute approximate surface area is 98.2 Å². The van der Waals surface area contributed by atoms with E-state index in [1.54, 1.807) is 23.1 Å². The third kappa shape index (κ3) is 2.61. The Kier molecular flexibility index (Phi) is 3.38. The van der Waals surface area contributed by atoms with E-state index in [2.05, 4.69) is 0 Å². The van der Waals surface area contributed by atoms with Crippen LogP contribution in [0, 0.1) is 5.82 Å². The number of benzene rings is 1. The van der Waals surface area contributed by atoms with Crippen LogP contribution in [0.25, 0.3) is 0 Å². The predicted octanol–water partition coefficient (Wildman–Crippen LogP) is 1.22. The lowest BCUT2D eigenvalue weighted by atomic mass is 10.1. The number of primary amides is 1. The van der Waals surface area contributed by atoms with Crippen molar-refractivity contribution in [2.75, 3.05) is 6.54 Å². The molecule has 1 aliphatic rings. The minimum Gasteiger partial charge on any atom is -0.368 e. The van der Waals surface area contributed by atoms with Crippen molar-refractivity contribution in [1.29, 1.82) is 0 Å². The molecule has 0 saturated carbocycles. The number of likely N-dealkylation sites (tertiary alicyclic amines) is 1. The first kappa shape index (κ1) is 12.0. The Bertz CT molecular complexity index is 425. The molecule has 1 aromatic rings. The van der Waals surface area contributed by atoms with Gasteiger partial charge in [-0.25, -0.2) is 8.78 Å². The molecule has 5 heteroatoms. The summed E-state index contributed by atoms with van der Waals surface area (Å²) in [5.74, 6) is -0.903. The van der Waals surface area contributed by atoms with Crippen molar-refractivity contribution >= 4 is 5.91 Å². The van der Waals surface area contributed by atoms with Gasteiger partial charge in [0.25, 0.3) is 0 Å². The Morgan fingerprint density at radius 2 is 2.18 bits per heavy atom. The lowest BCUT2D eigenvalue weighted by Gasteiger charge is -2.21. The van der Waals surface area contributed by atoms with Crippen LogP contribution in [0.1, 0.15) is 12.0 Å². The van der Waals surface area contributed by atoms with Gasteiger partial charge < -0.3 is 5.73 Å². The zero-order chi connectivity index (χ0) is 12.4. The Hall–Kier alpha value is -1.49. The minimum absolute atomic E-state index is 0.101. The van der Waals surface area contributed by atoms with Crippen molar-refractivity contribution < 1.29 is 13.6 Å². The molecule has 0 aromatic heterocycles. The van der Waals surface area contributed by atoms with Crippen LogP contribution in [0.2, 0.25) is 0 Å². The Morgan fingerprint density at radius 3 is 2.82 bits per heavy atom. The van der Waals surface area contributed by atoms with Crippen molar-refractivity contribution in [2.45, 2.75) is 25.2 Å². The summed E-state index contributed by atoms with van der Waals surface area (Å²) < 4.78 is 26.7. The first-order valence-electron chi connectivity index (χ1n) is 5.48. The molecule has 1 saturated heterocycles. The second kappa shape index (κ2) is 4.79. The van der Waals surface area contributed by atoms with Gasteiger partial charge >= 0.3 is 0 Å². The van der Waals surface area contributed by atoms with E-state index in [0.29, 0.717) is 5.56 Å². The van der Waals surface area contributed by atoms with Crippen molar-refractivity contribution in [3.8, 4) is 0 Å². The summed E-state index contributed by atoms with van der Waals surface area (Å²) in [7, 11) is 0. The predicted molar refractivity (Wildman–Crippen MR) is 59.3 cm³/mol. The number of nitrogens with zero attached hydrogens (tertiary/aromatic N) is 1. The highest BCUT2D eigenvalue weighted by Gasteiger charge is 2.35. The molecule has 1 aromatic carbocycles. The zero-order valence-electron chi connectivity index (χ0n) is 9.27. The van der Waals surface area contributed by atoms with E-state index in [1.807, 2.05) is 0 Å². The average Bonchev–Trinajstić information content (AvgIpc) is 2.63. The van der Waals surface area contributed by atoms with Crippen molar-refractivity contribution in [2.24, 2.45) is 5.73 Å². The van der Waals surface area contributed by atoms with Gasteiger partial charge in [0, 0.05) is 25.1 Å². The molecular weight excluding hydrogens is 226 g/mol. The van der Waals surface area contributed by atoms with E-state index in [4.69, 9.17) is 5.73 Å². The first-order valence-corrected chi connectivity index (χ1v) is 5.48. The molecule has 92 valence electrons. The van der Waals surface area contributed by atoms with Gasteiger partial charge in [-0.3, -0.25) is 9.69 Å². The van der Waals surface area contributed by atoms with Gasteiger partial charge in [0.1, 0.15) is 12.0 Å². The number of hydrogen-bond acceptors (Lipinski definition) is 2. The molecule has 1 fully saturated rings. The molecule has 2 unspecified atom stereocenters. The molecule has 1 heterocycles. The van der Waals surface area contributed by atoms with Gasteiger partial charge in [-0.1, -0.05) is 18.2 Å². The Morgan fingerprint density at radius 1 is 1.47 bits per heavy atom. The van der Waals surface area contributed by atoms with Crippen LogP contribution in [-0.4, -0.2) is 29.6 Å². The van der Waals surface area contributed by atoms with E-state index >= 15 is 0 Å². The number of carbonyl (C=O) groups excluding carboxylic acids is 1. The first-order chi connectivity index (χ1) is 8.08. The molecule has 1 amide bonds. The van der Waals surface area contributed by atoms with Crippen LogP contribution < -0.4 is 5.73 Å². The fraction of sp³-hybridized carbons (Fsp3) is 0.417. The quantitative estimate of drug-likeness (QED) is 0.863. The zero-order valence-corrected chi connectivity index (χ0v) is 9.27. The van der Waals surface area contributed by atoms with Crippen molar-refractivity contribution in [3.05, 3.63) is 35.6 Å². The van der Waals surface area contributed by atoms with Gasteiger partial charge in [0.05, 0.1) is 6.04 Å². The highest BCUT2D eigenvalue weighted by atomic mass is 19.1. The molecule has 0 spiro atoms. The summed E-state index contributed by atoms with van der Waals surface area (Å²) >= 11 is 0. The number of halogens is 2. The number of amides is 1. The van der Waals surface area contributed by atoms with Crippen molar-refractivity contribution in [3.63, 3.8) is 0 Å². The largest absolute Gasteiger partial charge is 0.368 e. The van der Waals surface area contributed by atoms with Crippen LogP contribution in [-0.2, 0) is 11.3 Å². The summed E-state index contributed by atoms with van der Waals surface area (Å²) in [5, 5.41) is 0. The van der Waals surface area contributed by atoms with E-state index in [9.17, 15) is 13.6 Å². The van der Waals surface area contributed by atoms with E-state index in [-0.39, 0.29) is 25.3 Å². The summed E-state index contributed by atoms with van der Waals surface area (Å²) in [6.07, 6.45) is -0.969. The SMILES string of the molecule is NC(=O)C1CC(F)CN1Cc1ccccc1F. The van der Waals surface area contributed by atoms with Gasteiger partial charge in [-0.2, -0.15) is 0 Å². The average molecular weight is 240 g/mol. The topological polar surface area (TPSA) is 46.3 Å². The highest BCUT2D eigenvalue weighted by Crippen LogP contribution is 2.23. The standard InChI is InChI=1S/C12H14F2N2O/c13-9-5-11(12(15)17)16(7-9)6-8-3-1-2-4-10(8)14/h1-4,9,11H,5-7H2,(H2,15,17). The fourth-order valence-electron chi connectivity index (χ4n) is 2.16. The third-order valence-corrected chi connectivity index (χ3v) is 3.01. The molecular formula is C12H14F2N2O. The second-order valence-corrected chi connectivity index (χ2v) is 4.27. The van der Waals surface area contributed by atoms with Gasteiger partial charge in [-0.15, -0.1) is 0 Å². The molecule has 0 bridgehead atoms. The summed E-state index contributed by atoms with van der Waals surface area (Å²) in [6.45, 7) is 0.336.